The Hall–Kier alpha value is -0.0400. The number of nitrogens with two attached hydrogens (primary N) is 1. The Morgan fingerprint density at radius 3 is 1.94 bits per heavy atom. The Bertz CT molecular complexity index is 182. The molecule has 2 unspecified atom stereocenters. The first kappa shape index (κ1) is 12.4. The zero-order valence-electron chi connectivity index (χ0n) is 10.8. The van der Waals surface area contributed by atoms with Gasteiger partial charge in [0.2, 0.25) is 0 Å². The minimum absolute atomic E-state index is 0.852. The molecule has 1 heteroatoms. The van der Waals surface area contributed by atoms with Gasteiger partial charge in [0.15, 0.2) is 0 Å². The van der Waals surface area contributed by atoms with E-state index in [-0.39, 0.29) is 0 Å². The highest BCUT2D eigenvalue weighted by atomic mass is 14.6. The van der Waals surface area contributed by atoms with E-state index in [9.17, 15) is 0 Å². The van der Waals surface area contributed by atoms with Gasteiger partial charge < -0.3 is 5.73 Å². The van der Waals surface area contributed by atoms with Gasteiger partial charge in [-0.05, 0) is 37.1 Å². The molecule has 0 aromatic heterocycles. The molecule has 0 amide bonds. The van der Waals surface area contributed by atoms with Gasteiger partial charge >= 0.3 is 0 Å². The molecule has 0 spiro atoms. The lowest BCUT2D eigenvalue weighted by Crippen LogP contribution is -2.28. The van der Waals surface area contributed by atoms with E-state index >= 15 is 0 Å². The van der Waals surface area contributed by atoms with Gasteiger partial charge in [0.1, 0.15) is 0 Å². The third-order valence-corrected chi connectivity index (χ3v) is 5.03. The third-order valence-electron chi connectivity index (χ3n) is 5.03. The van der Waals surface area contributed by atoms with Crippen LogP contribution in [0.2, 0.25) is 0 Å². The van der Waals surface area contributed by atoms with Crippen LogP contribution in [-0.2, 0) is 0 Å². The van der Waals surface area contributed by atoms with Crippen molar-refractivity contribution in [3.8, 4) is 0 Å². The first-order valence-corrected chi connectivity index (χ1v) is 7.62. The van der Waals surface area contributed by atoms with Crippen LogP contribution in [0.3, 0.4) is 0 Å². The highest BCUT2D eigenvalue weighted by molar-refractivity contribution is 4.81. The summed E-state index contributed by atoms with van der Waals surface area (Å²) in [4.78, 5) is 0. The maximum atomic E-state index is 6.01. The lowest BCUT2D eigenvalue weighted by molar-refractivity contribution is 0.197. The number of hydrogen-bond donors (Lipinski definition) is 1. The molecule has 2 saturated carbocycles. The quantitative estimate of drug-likeness (QED) is 0.700. The summed E-state index contributed by atoms with van der Waals surface area (Å²) in [5, 5.41) is 0. The van der Waals surface area contributed by atoms with Crippen molar-refractivity contribution in [2.45, 2.75) is 70.6 Å². The lowest BCUT2D eigenvalue weighted by atomic mass is 9.75. The number of hydrogen-bond acceptors (Lipinski definition) is 1. The lowest BCUT2D eigenvalue weighted by Gasteiger charge is -2.31. The fourth-order valence-corrected chi connectivity index (χ4v) is 4.07. The molecule has 0 aromatic rings. The summed E-state index contributed by atoms with van der Waals surface area (Å²) in [5.74, 6) is 2.85. The Kier molecular flexibility index (Phi) is 5.15. The molecule has 2 atom stereocenters. The van der Waals surface area contributed by atoms with Gasteiger partial charge in [-0.2, -0.15) is 0 Å². The molecular weight excluding hydrogens is 194 g/mol. The van der Waals surface area contributed by atoms with Crippen LogP contribution in [0.15, 0.2) is 0 Å². The van der Waals surface area contributed by atoms with Crippen molar-refractivity contribution in [1.29, 1.82) is 0 Å². The normalized spacial score (nSPS) is 34.3. The van der Waals surface area contributed by atoms with Crippen molar-refractivity contribution < 1.29 is 0 Å². The molecular formula is C15H29N. The Balaban J connectivity index is 1.96. The largest absolute Gasteiger partial charge is 0.330 e. The third kappa shape index (κ3) is 3.23. The molecule has 94 valence electrons. The fourth-order valence-electron chi connectivity index (χ4n) is 4.07. The maximum absolute atomic E-state index is 6.01. The van der Waals surface area contributed by atoms with Crippen LogP contribution in [0.4, 0.5) is 0 Å². The van der Waals surface area contributed by atoms with E-state index in [1.54, 1.807) is 0 Å². The second kappa shape index (κ2) is 6.64. The van der Waals surface area contributed by atoms with Crippen LogP contribution in [0.1, 0.15) is 70.6 Å². The second-order valence-corrected chi connectivity index (χ2v) is 6.05. The molecule has 2 fully saturated rings. The summed E-state index contributed by atoms with van der Waals surface area (Å²) in [6.45, 7) is 0.946. The second-order valence-electron chi connectivity index (χ2n) is 6.05. The van der Waals surface area contributed by atoms with Crippen LogP contribution in [0.25, 0.3) is 0 Å². The van der Waals surface area contributed by atoms with Crippen molar-refractivity contribution in [2.24, 2.45) is 23.5 Å². The highest BCUT2D eigenvalue weighted by Gasteiger charge is 2.29. The zero-order valence-corrected chi connectivity index (χ0v) is 10.8. The van der Waals surface area contributed by atoms with Gasteiger partial charge in [-0.3, -0.25) is 0 Å². The predicted molar refractivity (Wildman–Crippen MR) is 70.3 cm³/mol. The van der Waals surface area contributed by atoms with E-state index in [0.717, 1.165) is 24.3 Å². The zero-order chi connectivity index (χ0) is 11.2. The van der Waals surface area contributed by atoms with E-state index in [1.165, 1.54) is 70.6 Å². The van der Waals surface area contributed by atoms with Crippen LogP contribution in [0.5, 0.6) is 0 Å². The minimum Gasteiger partial charge on any atom is -0.330 e. The van der Waals surface area contributed by atoms with E-state index < -0.39 is 0 Å². The van der Waals surface area contributed by atoms with Crippen molar-refractivity contribution in [1.82, 2.24) is 0 Å². The van der Waals surface area contributed by atoms with Crippen LogP contribution >= 0.6 is 0 Å². The molecule has 2 aliphatic carbocycles. The van der Waals surface area contributed by atoms with Gasteiger partial charge in [0.05, 0.1) is 0 Å². The monoisotopic (exact) mass is 223 g/mol. The molecule has 2 rings (SSSR count). The predicted octanol–water partition coefficient (Wildman–Crippen LogP) is 4.11. The molecule has 0 heterocycles. The molecule has 0 aromatic carbocycles. The SMILES string of the molecule is NCC1CCCCCC1C1CCCCCC1. The van der Waals surface area contributed by atoms with E-state index in [2.05, 4.69) is 0 Å². The molecule has 2 aliphatic rings. The summed E-state index contributed by atoms with van der Waals surface area (Å²) < 4.78 is 0. The average molecular weight is 223 g/mol. The van der Waals surface area contributed by atoms with Gasteiger partial charge in [-0.1, -0.05) is 57.8 Å². The Labute approximate surface area is 101 Å². The summed E-state index contributed by atoms with van der Waals surface area (Å²) in [5.41, 5.74) is 6.01. The van der Waals surface area contributed by atoms with Crippen LogP contribution in [-0.4, -0.2) is 6.54 Å². The van der Waals surface area contributed by atoms with Gasteiger partial charge in [-0.15, -0.1) is 0 Å². The molecule has 16 heavy (non-hydrogen) atoms. The minimum atomic E-state index is 0.852. The molecule has 1 nitrogen and oxygen atoms in total. The van der Waals surface area contributed by atoms with Gasteiger partial charge in [0, 0.05) is 0 Å². The molecule has 0 bridgehead atoms. The van der Waals surface area contributed by atoms with Crippen LogP contribution < -0.4 is 5.73 Å². The topological polar surface area (TPSA) is 26.0 Å². The standard InChI is InChI=1S/C15H29N/c16-12-14-10-6-3-7-11-15(14)13-8-4-1-2-5-9-13/h13-15H,1-12,16H2. The average Bonchev–Trinajstić information content (AvgIpc) is 2.70. The van der Waals surface area contributed by atoms with Crippen molar-refractivity contribution >= 4 is 0 Å². The highest BCUT2D eigenvalue weighted by Crippen LogP contribution is 2.39. The first-order valence-electron chi connectivity index (χ1n) is 7.62. The molecule has 0 radical (unpaired) electrons. The van der Waals surface area contributed by atoms with Crippen molar-refractivity contribution in [2.75, 3.05) is 6.54 Å². The van der Waals surface area contributed by atoms with Crippen molar-refractivity contribution in [3.63, 3.8) is 0 Å². The Morgan fingerprint density at radius 2 is 1.25 bits per heavy atom. The smallest absolute Gasteiger partial charge is 0.00461 e. The summed E-state index contributed by atoms with van der Waals surface area (Å²) in [6, 6.07) is 0. The van der Waals surface area contributed by atoms with Gasteiger partial charge in [-0.25, -0.2) is 0 Å². The first-order chi connectivity index (χ1) is 7.92. The molecule has 2 N–H and O–H groups in total. The van der Waals surface area contributed by atoms with E-state index in [1.807, 2.05) is 0 Å². The number of rotatable bonds is 2. The molecule has 0 aliphatic heterocycles. The van der Waals surface area contributed by atoms with Crippen LogP contribution in [0, 0.1) is 17.8 Å². The van der Waals surface area contributed by atoms with E-state index in [0.29, 0.717) is 0 Å². The van der Waals surface area contributed by atoms with E-state index in [4.69, 9.17) is 5.73 Å². The van der Waals surface area contributed by atoms with Crippen molar-refractivity contribution in [3.05, 3.63) is 0 Å². The summed E-state index contributed by atoms with van der Waals surface area (Å²) in [7, 11) is 0. The Morgan fingerprint density at radius 1 is 0.688 bits per heavy atom. The maximum Gasteiger partial charge on any atom is -0.00461 e. The summed E-state index contributed by atoms with van der Waals surface area (Å²) in [6.07, 6.45) is 16.2. The van der Waals surface area contributed by atoms with Gasteiger partial charge in [0.25, 0.3) is 0 Å². The fraction of sp³-hybridized carbons (Fsp3) is 1.00. The molecule has 0 saturated heterocycles. The summed E-state index contributed by atoms with van der Waals surface area (Å²) >= 11 is 0.